The van der Waals surface area contributed by atoms with Crippen LogP contribution in [0.15, 0.2) is 36.5 Å². The lowest BCUT2D eigenvalue weighted by Crippen LogP contribution is -2.47. The first-order valence-corrected chi connectivity index (χ1v) is 32.8. The summed E-state index contributed by atoms with van der Waals surface area (Å²) in [6.07, 6.45) is 64.1. The van der Waals surface area contributed by atoms with E-state index in [1.165, 1.54) is 193 Å². The van der Waals surface area contributed by atoms with Crippen molar-refractivity contribution in [2.75, 3.05) is 40.9 Å². The van der Waals surface area contributed by atoms with E-state index >= 15 is 0 Å². The normalized spacial score (nSPS) is 13.9. The average Bonchev–Trinajstić information content (AvgIpc) is 3.35. The highest BCUT2D eigenvalue weighted by Gasteiger charge is 2.30. The summed E-state index contributed by atoms with van der Waals surface area (Å²) >= 11 is 0. The molecule has 0 saturated heterocycles. The summed E-state index contributed by atoms with van der Waals surface area (Å²) in [5.74, 6) is -0.500. The van der Waals surface area contributed by atoms with Gasteiger partial charge in [-0.15, -0.1) is 0 Å². The van der Waals surface area contributed by atoms with Crippen molar-refractivity contribution in [2.45, 2.75) is 315 Å². The molecule has 0 radical (unpaired) electrons. The van der Waals surface area contributed by atoms with Gasteiger partial charge >= 0.3 is 13.8 Å². The monoisotopic (exact) mass is 1050 g/mol. The predicted molar refractivity (Wildman–Crippen MR) is 314 cm³/mol. The van der Waals surface area contributed by atoms with Gasteiger partial charge in [0.05, 0.1) is 33.8 Å². The first kappa shape index (κ1) is 71.2. The number of rotatable bonds is 57. The zero-order chi connectivity index (χ0) is 53.6. The third-order valence-corrected chi connectivity index (χ3v) is 15.1. The number of amides is 1. The number of carbonyl (C=O) groups excluding carboxylic acids is 2. The van der Waals surface area contributed by atoms with Crippen LogP contribution in [-0.2, 0) is 27.9 Å². The van der Waals surface area contributed by atoms with E-state index in [-0.39, 0.29) is 25.1 Å². The fourth-order valence-electron chi connectivity index (χ4n) is 9.21. The largest absolute Gasteiger partial charge is 0.472 e. The Morgan fingerprint density at radius 2 is 0.836 bits per heavy atom. The number of hydrogen-bond acceptors (Lipinski definition) is 6. The molecule has 0 spiro atoms. The van der Waals surface area contributed by atoms with Crippen LogP contribution in [0.1, 0.15) is 303 Å². The molecule has 0 aliphatic heterocycles. The molecule has 430 valence electrons. The summed E-state index contributed by atoms with van der Waals surface area (Å²) in [4.78, 5) is 37.7. The molecule has 0 aliphatic rings. The van der Waals surface area contributed by atoms with E-state index in [4.69, 9.17) is 13.8 Å². The minimum Gasteiger partial charge on any atom is -0.456 e. The van der Waals surface area contributed by atoms with Gasteiger partial charge in [0.1, 0.15) is 19.3 Å². The highest BCUT2D eigenvalue weighted by molar-refractivity contribution is 7.47. The van der Waals surface area contributed by atoms with E-state index < -0.39 is 20.0 Å². The second kappa shape index (κ2) is 53.6. The Balaban J connectivity index is 5.28. The van der Waals surface area contributed by atoms with Crippen LogP contribution < -0.4 is 5.32 Å². The number of phosphoric acid groups is 1. The summed E-state index contributed by atoms with van der Waals surface area (Å²) in [5.41, 5.74) is 0. The molecular formula is C63H122N2O7P+. The number of carbonyl (C=O) groups is 2. The Morgan fingerprint density at radius 3 is 1.26 bits per heavy atom. The van der Waals surface area contributed by atoms with E-state index in [0.29, 0.717) is 23.9 Å². The zero-order valence-corrected chi connectivity index (χ0v) is 50.0. The first-order valence-electron chi connectivity index (χ1n) is 31.3. The van der Waals surface area contributed by atoms with E-state index in [1.807, 2.05) is 33.3 Å². The van der Waals surface area contributed by atoms with Crippen molar-refractivity contribution >= 4 is 19.7 Å². The molecule has 0 aliphatic carbocycles. The molecule has 0 saturated carbocycles. The molecular weight excluding hydrogens is 928 g/mol. The Morgan fingerprint density at radius 1 is 0.479 bits per heavy atom. The van der Waals surface area contributed by atoms with Crippen LogP contribution in [-0.4, -0.2) is 74.3 Å². The van der Waals surface area contributed by atoms with Gasteiger partial charge in [0.25, 0.3) is 0 Å². The second-order valence-electron chi connectivity index (χ2n) is 22.6. The molecule has 2 N–H and O–H groups in total. The Labute approximate surface area is 453 Å². The minimum absolute atomic E-state index is 0.0408. The topological polar surface area (TPSA) is 111 Å². The molecule has 73 heavy (non-hydrogen) atoms. The van der Waals surface area contributed by atoms with Crippen LogP contribution in [0.25, 0.3) is 0 Å². The highest BCUT2D eigenvalue weighted by atomic mass is 31.2. The summed E-state index contributed by atoms with van der Waals surface area (Å²) in [7, 11) is 1.50. The van der Waals surface area contributed by atoms with Gasteiger partial charge in [0.15, 0.2) is 0 Å². The Hall–Kier alpha value is -1.77. The standard InChI is InChI=1S/C63H121N2O7P/c1-7-10-13-16-19-22-25-28-30-32-34-37-40-43-46-49-52-55-62(66)64-60(59-71-73(68,69)70-58-57-65(4,5)6)61(54-51-48-45-42-39-36-27-24-21-18-15-12-9-3)72-63(67)56-53-50-47-44-41-38-35-33-31-29-26-23-20-17-14-11-8-2/h19,22,28,30,51,54,60-61H,7-18,20-21,23-27,29,31-50,52-53,55-59H2,1-6H3,(H-,64,66,68,69)/p+1/b22-19-,30-28-,54-51+. The lowest BCUT2D eigenvalue weighted by molar-refractivity contribution is -0.870. The molecule has 3 unspecified atom stereocenters. The number of nitrogens with zero attached hydrogens (tertiary/aromatic N) is 1. The van der Waals surface area contributed by atoms with E-state index in [2.05, 4.69) is 50.4 Å². The average molecular weight is 1050 g/mol. The second-order valence-corrected chi connectivity index (χ2v) is 24.0. The van der Waals surface area contributed by atoms with Crippen molar-refractivity contribution < 1.29 is 37.3 Å². The summed E-state index contributed by atoms with van der Waals surface area (Å²) in [5, 5.41) is 3.06. The van der Waals surface area contributed by atoms with Crippen molar-refractivity contribution in [3.8, 4) is 0 Å². The molecule has 0 bridgehead atoms. The van der Waals surface area contributed by atoms with Gasteiger partial charge in [-0.1, -0.05) is 263 Å². The van der Waals surface area contributed by atoms with E-state index in [0.717, 1.165) is 77.0 Å². The number of ether oxygens (including phenoxy) is 1. The zero-order valence-electron chi connectivity index (χ0n) is 49.1. The fraction of sp³-hybridized carbons (Fsp3) is 0.873. The molecule has 0 aromatic heterocycles. The number of nitrogens with one attached hydrogen (secondary N) is 1. The SMILES string of the molecule is CCCCC/C=C\C/C=C\CCCCCCCCCC(=O)NC(COP(=O)(O)OCC[N+](C)(C)C)C(/C=C/CCCCCCCCCCCCC)OC(=O)CCCCCCCCCCCCCCCCCCC. The van der Waals surface area contributed by atoms with Crippen molar-refractivity contribution in [1.29, 1.82) is 0 Å². The van der Waals surface area contributed by atoms with E-state index in [9.17, 15) is 19.0 Å². The van der Waals surface area contributed by atoms with Gasteiger partial charge in [-0.2, -0.15) is 0 Å². The number of quaternary nitrogens is 1. The third kappa shape index (κ3) is 54.8. The fourth-order valence-corrected chi connectivity index (χ4v) is 9.94. The van der Waals surface area contributed by atoms with Crippen LogP contribution in [0.5, 0.6) is 0 Å². The first-order chi connectivity index (χ1) is 35.4. The van der Waals surface area contributed by atoms with Gasteiger partial charge in [-0.3, -0.25) is 18.6 Å². The Kier molecular flexibility index (Phi) is 52.3. The predicted octanol–water partition coefficient (Wildman–Crippen LogP) is 19.1. The molecule has 10 heteroatoms. The number of likely N-dealkylation sites (N-methyl/N-ethyl adjacent to an activating group) is 1. The quantitative estimate of drug-likeness (QED) is 0.0205. The maximum Gasteiger partial charge on any atom is 0.472 e. The molecule has 9 nitrogen and oxygen atoms in total. The minimum atomic E-state index is -4.45. The van der Waals surface area contributed by atoms with Gasteiger partial charge in [0, 0.05) is 12.8 Å². The van der Waals surface area contributed by atoms with Crippen LogP contribution >= 0.6 is 7.82 Å². The lowest BCUT2D eigenvalue weighted by atomic mass is 10.0. The van der Waals surface area contributed by atoms with Crippen molar-refractivity contribution in [3.63, 3.8) is 0 Å². The van der Waals surface area contributed by atoms with Gasteiger partial charge < -0.3 is 19.4 Å². The lowest BCUT2D eigenvalue weighted by Gasteiger charge is -2.27. The summed E-state index contributed by atoms with van der Waals surface area (Å²) in [6.45, 7) is 7.02. The smallest absolute Gasteiger partial charge is 0.456 e. The number of hydrogen-bond donors (Lipinski definition) is 2. The van der Waals surface area contributed by atoms with Crippen molar-refractivity contribution in [3.05, 3.63) is 36.5 Å². The van der Waals surface area contributed by atoms with Crippen molar-refractivity contribution in [2.24, 2.45) is 0 Å². The van der Waals surface area contributed by atoms with Gasteiger partial charge in [-0.05, 0) is 63.9 Å². The Bertz CT molecular complexity index is 1350. The number of unbranched alkanes of at least 4 members (excludes halogenated alkanes) is 37. The van der Waals surface area contributed by atoms with Crippen LogP contribution in [0.4, 0.5) is 0 Å². The highest BCUT2D eigenvalue weighted by Crippen LogP contribution is 2.43. The van der Waals surface area contributed by atoms with Crippen LogP contribution in [0, 0.1) is 0 Å². The molecule has 3 atom stereocenters. The maximum absolute atomic E-state index is 13.5. The molecule has 0 aromatic carbocycles. The van der Waals surface area contributed by atoms with Gasteiger partial charge in [-0.25, -0.2) is 4.57 Å². The van der Waals surface area contributed by atoms with Crippen molar-refractivity contribution in [1.82, 2.24) is 5.32 Å². The number of phosphoric ester groups is 1. The van der Waals surface area contributed by atoms with Crippen LogP contribution in [0.2, 0.25) is 0 Å². The van der Waals surface area contributed by atoms with Gasteiger partial charge in [0.2, 0.25) is 5.91 Å². The third-order valence-electron chi connectivity index (χ3n) is 14.1. The molecule has 0 rings (SSSR count). The molecule has 0 aromatic rings. The summed E-state index contributed by atoms with van der Waals surface area (Å²) in [6, 6.07) is -0.848. The van der Waals surface area contributed by atoms with E-state index in [1.54, 1.807) is 0 Å². The number of esters is 1. The molecule has 1 amide bonds. The van der Waals surface area contributed by atoms with Crippen LogP contribution in [0.3, 0.4) is 0 Å². The molecule has 0 fully saturated rings. The summed E-state index contributed by atoms with van der Waals surface area (Å²) < 4.78 is 30.7. The number of allylic oxidation sites excluding steroid dienone is 5. The maximum atomic E-state index is 13.5. The molecule has 0 heterocycles.